The summed E-state index contributed by atoms with van der Waals surface area (Å²) in [7, 11) is 0. The van der Waals surface area contributed by atoms with Crippen LogP contribution in [-0.2, 0) is 0 Å². The van der Waals surface area contributed by atoms with Gasteiger partial charge in [-0.15, -0.1) is 10.2 Å². The number of benzene rings is 1. The van der Waals surface area contributed by atoms with Gasteiger partial charge < -0.3 is 5.32 Å². The molecule has 1 aromatic carbocycles. The molecule has 2 rings (SSSR count). The van der Waals surface area contributed by atoms with Crippen LogP contribution in [0.3, 0.4) is 0 Å². The van der Waals surface area contributed by atoms with Crippen molar-refractivity contribution in [3.05, 3.63) is 45.5 Å². The molecule has 0 fully saturated rings. The van der Waals surface area contributed by atoms with Crippen molar-refractivity contribution in [2.75, 3.05) is 5.32 Å². The van der Waals surface area contributed by atoms with Gasteiger partial charge in [0.2, 0.25) is 0 Å². The molecule has 82 valence electrons. The Kier molecular flexibility index (Phi) is 3.49. The lowest BCUT2D eigenvalue weighted by molar-refractivity contribution is 1.04. The molecule has 0 saturated heterocycles. The highest BCUT2D eigenvalue weighted by Gasteiger charge is 2.05. The summed E-state index contributed by atoms with van der Waals surface area (Å²) in [5.41, 5.74) is 0.672. The maximum absolute atomic E-state index is 6.01. The summed E-state index contributed by atoms with van der Waals surface area (Å²) in [5.74, 6) is 0.550. The average molecular weight is 275 g/mol. The van der Waals surface area contributed by atoms with Crippen molar-refractivity contribution in [2.45, 2.75) is 0 Å². The zero-order chi connectivity index (χ0) is 11.5. The molecule has 6 heteroatoms. The molecule has 2 aromatic rings. The van der Waals surface area contributed by atoms with E-state index in [1.54, 1.807) is 30.3 Å². The first-order chi connectivity index (χ1) is 7.66. The normalized spacial score (nSPS) is 10.2. The third-order valence-electron chi connectivity index (χ3n) is 1.85. The number of aromatic nitrogens is 2. The summed E-state index contributed by atoms with van der Waals surface area (Å²) in [4.78, 5) is 0. The third-order valence-corrected chi connectivity index (χ3v) is 2.87. The predicted molar refractivity (Wildman–Crippen MR) is 66.8 cm³/mol. The molecule has 0 aliphatic carbocycles. The summed E-state index contributed by atoms with van der Waals surface area (Å²) in [6.45, 7) is 0. The van der Waals surface area contributed by atoms with E-state index in [9.17, 15) is 0 Å². The van der Waals surface area contributed by atoms with E-state index >= 15 is 0 Å². The van der Waals surface area contributed by atoms with Crippen LogP contribution in [-0.4, -0.2) is 10.2 Å². The zero-order valence-electron chi connectivity index (χ0n) is 7.92. The van der Waals surface area contributed by atoms with E-state index in [2.05, 4.69) is 15.5 Å². The van der Waals surface area contributed by atoms with Gasteiger partial charge in [0.1, 0.15) is 0 Å². The highest BCUT2D eigenvalue weighted by Crippen LogP contribution is 2.31. The van der Waals surface area contributed by atoms with Crippen LogP contribution >= 0.6 is 34.8 Å². The first kappa shape index (κ1) is 11.5. The first-order valence-corrected chi connectivity index (χ1v) is 5.50. The molecule has 3 nitrogen and oxygen atoms in total. The molecular formula is C10H6Cl3N3. The minimum absolute atomic E-state index is 0.336. The first-order valence-electron chi connectivity index (χ1n) is 4.37. The van der Waals surface area contributed by atoms with Crippen molar-refractivity contribution >= 4 is 46.3 Å². The summed E-state index contributed by atoms with van der Waals surface area (Å²) < 4.78 is 0. The molecule has 0 aliphatic heterocycles. The van der Waals surface area contributed by atoms with E-state index < -0.39 is 0 Å². The molecule has 0 saturated carbocycles. The van der Waals surface area contributed by atoms with Crippen LogP contribution in [0.4, 0.5) is 11.5 Å². The maximum Gasteiger partial charge on any atom is 0.153 e. The lowest BCUT2D eigenvalue weighted by Crippen LogP contribution is -1.95. The van der Waals surface area contributed by atoms with Crippen molar-refractivity contribution in [1.29, 1.82) is 0 Å². The zero-order valence-corrected chi connectivity index (χ0v) is 10.2. The smallest absolute Gasteiger partial charge is 0.153 e. The number of nitrogens with zero attached hydrogens (tertiary/aromatic N) is 2. The minimum Gasteiger partial charge on any atom is -0.337 e. The highest BCUT2D eigenvalue weighted by molar-refractivity contribution is 6.43. The van der Waals surface area contributed by atoms with Crippen LogP contribution in [0.2, 0.25) is 15.2 Å². The van der Waals surface area contributed by atoms with Crippen molar-refractivity contribution in [1.82, 2.24) is 10.2 Å². The van der Waals surface area contributed by atoms with Gasteiger partial charge in [-0.2, -0.15) is 0 Å². The Morgan fingerprint density at radius 3 is 2.44 bits per heavy atom. The van der Waals surface area contributed by atoms with Gasteiger partial charge in [-0.25, -0.2) is 0 Å². The molecule has 0 atom stereocenters. The number of hydrogen-bond donors (Lipinski definition) is 1. The summed E-state index contributed by atoms with van der Waals surface area (Å²) >= 11 is 17.5. The number of hydrogen-bond acceptors (Lipinski definition) is 3. The number of rotatable bonds is 2. The predicted octanol–water partition coefficient (Wildman–Crippen LogP) is 4.18. The molecule has 0 aliphatic rings. The molecule has 0 amide bonds. The molecule has 0 bridgehead atoms. The van der Waals surface area contributed by atoms with Gasteiger partial charge in [0.15, 0.2) is 11.0 Å². The van der Waals surface area contributed by atoms with Crippen LogP contribution in [0.5, 0.6) is 0 Å². The average Bonchev–Trinajstić information content (AvgIpc) is 2.28. The van der Waals surface area contributed by atoms with E-state index in [1.165, 1.54) is 0 Å². The molecule has 1 N–H and O–H groups in total. The second-order valence-electron chi connectivity index (χ2n) is 2.97. The van der Waals surface area contributed by atoms with Crippen molar-refractivity contribution in [3.8, 4) is 0 Å². The van der Waals surface area contributed by atoms with Crippen molar-refractivity contribution in [3.63, 3.8) is 0 Å². The number of halogens is 3. The van der Waals surface area contributed by atoms with Gasteiger partial charge in [0.05, 0.1) is 15.7 Å². The Morgan fingerprint density at radius 1 is 0.938 bits per heavy atom. The fourth-order valence-corrected chi connectivity index (χ4v) is 1.57. The Balaban J connectivity index is 2.27. The Bertz CT molecular complexity index is 499. The van der Waals surface area contributed by atoms with E-state index in [-0.39, 0.29) is 0 Å². The molecule has 0 unspecified atom stereocenters. The van der Waals surface area contributed by atoms with Crippen LogP contribution < -0.4 is 5.32 Å². The van der Waals surface area contributed by atoms with Crippen LogP contribution in [0.15, 0.2) is 30.3 Å². The Morgan fingerprint density at radius 2 is 1.75 bits per heavy atom. The third kappa shape index (κ3) is 2.55. The van der Waals surface area contributed by atoms with Gasteiger partial charge in [0, 0.05) is 0 Å². The van der Waals surface area contributed by atoms with E-state index in [1.807, 2.05) is 0 Å². The summed E-state index contributed by atoms with van der Waals surface area (Å²) in [6, 6.07) is 8.63. The van der Waals surface area contributed by atoms with E-state index in [0.717, 1.165) is 0 Å². The monoisotopic (exact) mass is 273 g/mol. The van der Waals surface area contributed by atoms with Gasteiger partial charge in [-0.05, 0) is 24.3 Å². The van der Waals surface area contributed by atoms with Gasteiger partial charge in [-0.1, -0.05) is 40.9 Å². The second-order valence-corrected chi connectivity index (χ2v) is 4.14. The standard InChI is InChI=1S/C10H6Cl3N3/c11-6-2-1-3-7(10(6)13)14-9-5-4-8(12)15-16-9/h1-5H,(H,14,16). The van der Waals surface area contributed by atoms with Crippen molar-refractivity contribution in [2.24, 2.45) is 0 Å². The fraction of sp³-hybridized carbons (Fsp3) is 0. The second kappa shape index (κ2) is 4.87. The van der Waals surface area contributed by atoms with Gasteiger partial charge >= 0.3 is 0 Å². The minimum atomic E-state index is 0.336. The van der Waals surface area contributed by atoms with Crippen LogP contribution in [0, 0.1) is 0 Å². The number of nitrogens with one attached hydrogen (secondary N) is 1. The van der Waals surface area contributed by atoms with Crippen molar-refractivity contribution < 1.29 is 0 Å². The summed E-state index contributed by atoms with van der Waals surface area (Å²) in [5, 5.41) is 11.8. The van der Waals surface area contributed by atoms with E-state index in [0.29, 0.717) is 26.7 Å². The summed E-state index contributed by atoms with van der Waals surface area (Å²) in [6.07, 6.45) is 0. The molecular weight excluding hydrogens is 268 g/mol. The number of anilines is 2. The molecule has 0 radical (unpaired) electrons. The maximum atomic E-state index is 6.01. The lowest BCUT2D eigenvalue weighted by atomic mass is 10.3. The molecule has 0 spiro atoms. The molecule has 1 aromatic heterocycles. The van der Waals surface area contributed by atoms with Crippen LogP contribution in [0.1, 0.15) is 0 Å². The fourth-order valence-electron chi connectivity index (χ4n) is 1.12. The molecule has 1 heterocycles. The SMILES string of the molecule is Clc1ccc(Nc2cccc(Cl)c2Cl)nn1. The largest absolute Gasteiger partial charge is 0.337 e. The van der Waals surface area contributed by atoms with Gasteiger partial charge in [0.25, 0.3) is 0 Å². The Labute approximate surface area is 107 Å². The quantitative estimate of drug-likeness (QED) is 0.892. The van der Waals surface area contributed by atoms with Crippen LogP contribution in [0.25, 0.3) is 0 Å². The Hall–Kier alpha value is -1.03. The van der Waals surface area contributed by atoms with E-state index in [4.69, 9.17) is 34.8 Å². The lowest BCUT2D eigenvalue weighted by Gasteiger charge is -2.07. The highest BCUT2D eigenvalue weighted by atomic mass is 35.5. The topological polar surface area (TPSA) is 37.8 Å². The van der Waals surface area contributed by atoms with Gasteiger partial charge in [-0.3, -0.25) is 0 Å². The molecule has 16 heavy (non-hydrogen) atoms.